The van der Waals surface area contributed by atoms with Crippen molar-refractivity contribution in [2.24, 2.45) is 0 Å². The van der Waals surface area contributed by atoms with E-state index in [1.807, 2.05) is 6.92 Å². The maximum Gasteiger partial charge on any atom is 0.267 e. The Hall–Kier alpha value is 0.260. The molecule has 0 N–H and O–H groups in total. The van der Waals surface area contributed by atoms with Gasteiger partial charge in [-0.1, -0.05) is 13.3 Å². The van der Waals surface area contributed by atoms with Gasteiger partial charge in [-0.15, -0.1) is 0 Å². The highest BCUT2D eigenvalue weighted by Gasteiger charge is 2.22. The fourth-order valence-corrected chi connectivity index (χ4v) is 3.66. The molecule has 0 aromatic carbocycles. The monoisotopic (exact) mass is 224 g/mol. The van der Waals surface area contributed by atoms with Gasteiger partial charge in [0.2, 0.25) is 0 Å². The molecule has 0 aliphatic carbocycles. The normalized spacial score (nSPS) is 23.6. The van der Waals surface area contributed by atoms with E-state index in [0.717, 1.165) is 24.3 Å². The van der Waals surface area contributed by atoms with Gasteiger partial charge in [0.25, 0.3) is 10.1 Å². The molecule has 13 heavy (non-hydrogen) atoms. The molecule has 0 amide bonds. The van der Waals surface area contributed by atoms with E-state index >= 15 is 0 Å². The second-order valence-corrected chi connectivity index (χ2v) is 6.06. The highest BCUT2D eigenvalue weighted by Crippen LogP contribution is 2.21. The molecule has 0 radical (unpaired) electrons. The van der Waals surface area contributed by atoms with Crippen LogP contribution in [0, 0.1) is 0 Å². The number of hydrogen-bond acceptors (Lipinski definition) is 4. The van der Waals surface area contributed by atoms with E-state index in [2.05, 4.69) is 0 Å². The SMILES string of the molecule is CCCCS(=O)(=O)O[C@@H]1CCSC1. The van der Waals surface area contributed by atoms with Gasteiger partial charge in [-0.2, -0.15) is 20.2 Å². The minimum atomic E-state index is -3.24. The summed E-state index contributed by atoms with van der Waals surface area (Å²) in [5, 5.41) is 0. The molecule has 1 fully saturated rings. The van der Waals surface area contributed by atoms with Gasteiger partial charge in [0.15, 0.2) is 0 Å². The molecule has 3 nitrogen and oxygen atoms in total. The van der Waals surface area contributed by atoms with Gasteiger partial charge in [0.1, 0.15) is 0 Å². The fraction of sp³-hybridized carbons (Fsp3) is 1.00. The lowest BCUT2D eigenvalue weighted by molar-refractivity contribution is 0.236. The Morgan fingerprint density at radius 3 is 2.85 bits per heavy atom. The van der Waals surface area contributed by atoms with Crippen molar-refractivity contribution in [3.8, 4) is 0 Å². The molecule has 0 saturated carbocycles. The van der Waals surface area contributed by atoms with E-state index in [9.17, 15) is 8.42 Å². The van der Waals surface area contributed by atoms with E-state index in [1.54, 1.807) is 11.8 Å². The molecule has 1 rings (SSSR count). The second-order valence-electron chi connectivity index (χ2n) is 3.20. The van der Waals surface area contributed by atoms with Crippen LogP contribution in [0.25, 0.3) is 0 Å². The summed E-state index contributed by atoms with van der Waals surface area (Å²) < 4.78 is 27.7. The summed E-state index contributed by atoms with van der Waals surface area (Å²) in [4.78, 5) is 0. The predicted octanol–water partition coefficient (Wildman–Crippen LogP) is 1.64. The Morgan fingerprint density at radius 1 is 1.54 bits per heavy atom. The zero-order valence-electron chi connectivity index (χ0n) is 7.86. The van der Waals surface area contributed by atoms with Crippen molar-refractivity contribution in [3.63, 3.8) is 0 Å². The molecule has 78 valence electrons. The van der Waals surface area contributed by atoms with E-state index in [1.165, 1.54) is 0 Å². The van der Waals surface area contributed by atoms with Crippen molar-refractivity contribution >= 4 is 21.9 Å². The van der Waals surface area contributed by atoms with Crippen molar-refractivity contribution in [3.05, 3.63) is 0 Å². The number of unbranched alkanes of at least 4 members (excludes halogenated alkanes) is 1. The van der Waals surface area contributed by atoms with Crippen molar-refractivity contribution in [1.29, 1.82) is 0 Å². The van der Waals surface area contributed by atoms with Crippen molar-refractivity contribution in [2.75, 3.05) is 17.3 Å². The van der Waals surface area contributed by atoms with Gasteiger partial charge in [-0.25, -0.2) is 0 Å². The van der Waals surface area contributed by atoms with E-state index < -0.39 is 10.1 Å². The topological polar surface area (TPSA) is 43.4 Å². The third kappa shape index (κ3) is 4.33. The summed E-state index contributed by atoms with van der Waals surface area (Å²) >= 11 is 1.76. The Labute approximate surface area is 84.4 Å². The molecular formula is C8H16O3S2. The lowest BCUT2D eigenvalue weighted by Crippen LogP contribution is -2.20. The molecule has 0 aromatic rings. The first-order chi connectivity index (χ1) is 6.14. The minimum absolute atomic E-state index is 0.0631. The predicted molar refractivity (Wildman–Crippen MR) is 55.5 cm³/mol. The summed E-state index contributed by atoms with van der Waals surface area (Å²) in [7, 11) is -3.24. The third-order valence-corrected chi connectivity index (χ3v) is 4.40. The van der Waals surface area contributed by atoms with Crippen LogP contribution in [0.2, 0.25) is 0 Å². The summed E-state index contributed by atoms with van der Waals surface area (Å²) in [5.41, 5.74) is 0. The van der Waals surface area contributed by atoms with Crippen LogP contribution in [-0.4, -0.2) is 31.8 Å². The van der Waals surface area contributed by atoms with Crippen LogP contribution in [-0.2, 0) is 14.3 Å². The number of hydrogen-bond donors (Lipinski definition) is 0. The van der Waals surface area contributed by atoms with Gasteiger partial charge in [-0.05, 0) is 18.6 Å². The zero-order chi connectivity index (χ0) is 9.73. The van der Waals surface area contributed by atoms with Gasteiger partial charge in [0, 0.05) is 5.75 Å². The Balaban J connectivity index is 2.32. The van der Waals surface area contributed by atoms with Gasteiger partial charge >= 0.3 is 0 Å². The lowest BCUT2D eigenvalue weighted by atomic mass is 10.3. The second kappa shape index (κ2) is 5.22. The average molecular weight is 224 g/mol. The molecule has 0 aromatic heterocycles. The van der Waals surface area contributed by atoms with Crippen LogP contribution in [0.4, 0.5) is 0 Å². The third-order valence-electron chi connectivity index (χ3n) is 1.92. The van der Waals surface area contributed by atoms with Crippen LogP contribution in [0.3, 0.4) is 0 Å². The summed E-state index contributed by atoms with van der Waals surface area (Å²) in [6, 6.07) is 0. The van der Waals surface area contributed by atoms with Crippen molar-refractivity contribution in [1.82, 2.24) is 0 Å². The molecule has 1 aliphatic heterocycles. The van der Waals surface area contributed by atoms with Crippen LogP contribution in [0.1, 0.15) is 26.2 Å². The molecule has 1 heterocycles. The highest BCUT2D eigenvalue weighted by molar-refractivity contribution is 7.99. The highest BCUT2D eigenvalue weighted by atomic mass is 32.2. The molecule has 1 atom stereocenters. The summed E-state index contributed by atoms with van der Waals surface area (Å²) in [5.74, 6) is 2.02. The van der Waals surface area contributed by atoms with Crippen LogP contribution in [0.15, 0.2) is 0 Å². The van der Waals surface area contributed by atoms with E-state index in [0.29, 0.717) is 6.42 Å². The average Bonchev–Trinajstić information content (AvgIpc) is 2.52. The van der Waals surface area contributed by atoms with E-state index in [4.69, 9.17) is 4.18 Å². The van der Waals surface area contributed by atoms with Crippen molar-refractivity contribution < 1.29 is 12.6 Å². The maximum atomic E-state index is 11.3. The summed E-state index contributed by atoms with van der Waals surface area (Å²) in [6.45, 7) is 1.97. The Morgan fingerprint density at radius 2 is 2.31 bits per heavy atom. The van der Waals surface area contributed by atoms with E-state index in [-0.39, 0.29) is 11.9 Å². The number of rotatable bonds is 5. The zero-order valence-corrected chi connectivity index (χ0v) is 9.49. The lowest BCUT2D eigenvalue weighted by Gasteiger charge is -2.09. The molecule has 0 spiro atoms. The quantitative estimate of drug-likeness (QED) is 0.666. The first kappa shape index (κ1) is 11.3. The number of thioether (sulfide) groups is 1. The molecular weight excluding hydrogens is 208 g/mol. The molecule has 5 heteroatoms. The standard InChI is InChI=1S/C8H16O3S2/c1-2-3-6-13(9,10)11-8-4-5-12-7-8/h8H,2-7H2,1H3/t8-/m1/s1. The molecule has 1 aliphatic rings. The smallest absolute Gasteiger partial charge is 0.266 e. The largest absolute Gasteiger partial charge is 0.267 e. The molecule has 0 bridgehead atoms. The van der Waals surface area contributed by atoms with Gasteiger partial charge in [0.05, 0.1) is 11.9 Å². The minimum Gasteiger partial charge on any atom is -0.266 e. The molecule has 0 unspecified atom stereocenters. The van der Waals surface area contributed by atoms with Crippen molar-refractivity contribution in [2.45, 2.75) is 32.3 Å². The maximum absolute atomic E-state index is 11.3. The van der Waals surface area contributed by atoms with Gasteiger partial charge in [-0.3, -0.25) is 4.18 Å². The van der Waals surface area contributed by atoms with Crippen LogP contribution in [0.5, 0.6) is 0 Å². The Kier molecular flexibility index (Phi) is 4.55. The Bertz CT molecular complexity index is 230. The first-order valence-electron chi connectivity index (χ1n) is 4.63. The van der Waals surface area contributed by atoms with Gasteiger partial charge < -0.3 is 0 Å². The fourth-order valence-electron chi connectivity index (χ4n) is 1.17. The summed E-state index contributed by atoms with van der Waals surface area (Å²) in [6.07, 6.45) is 2.40. The first-order valence-corrected chi connectivity index (χ1v) is 7.36. The van der Waals surface area contributed by atoms with Crippen LogP contribution < -0.4 is 0 Å². The van der Waals surface area contributed by atoms with Crippen LogP contribution >= 0.6 is 11.8 Å². The molecule has 1 saturated heterocycles.